The van der Waals surface area contributed by atoms with Crippen molar-refractivity contribution in [2.24, 2.45) is 0 Å². The fourth-order valence-corrected chi connectivity index (χ4v) is 2.69. The molecule has 0 amide bonds. The Morgan fingerprint density at radius 3 is 1.95 bits per heavy atom. The fraction of sp³-hybridized carbons (Fsp3) is 0.0556. The average Bonchev–Trinajstić information content (AvgIpc) is 2.48. The van der Waals surface area contributed by atoms with Crippen molar-refractivity contribution >= 4 is 12.2 Å². The first-order chi connectivity index (χ1) is 9.75. The molecular weight excluding hydrogens is 264 g/mol. The Bertz CT molecular complexity index is 774. The second-order valence-electron chi connectivity index (χ2n) is 4.67. The fourth-order valence-electron chi connectivity index (χ4n) is 2.34. The van der Waals surface area contributed by atoms with Gasteiger partial charge in [-0.2, -0.15) is 0 Å². The van der Waals surface area contributed by atoms with Gasteiger partial charge in [-0.3, -0.25) is 0 Å². The number of hydrogen-bond acceptors (Lipinski definition) is 2. The summed E-state index contributed by atoms with van der Waals surface area (Å²) < 4.78 is 6.18. The molecule has 0 atom stereocenters. The van der Waals surface area contributed by atoms with Gasteiger partial charge < -0.3 is 4.42 Å². The zero-order valence-electron chi connectivity index (χ0n) is 11.2. The average molecular weight is 278 g/mol. The molecule has 0 saturated heterocycles. The van der Waals surface area contributed by atoms with Crippen LogP contribution in [-0.4, -0.2) is 0 Å². The van der Waals surface area contributed by atoms with E-state index in [0.717, 1.165) is 28.0 Å². The number of aryl methyl sites for hydroxylation is 1. The highest BCUT2D eigenvalue weighted by molar-refractivity contribution is 7.71. The quantitative estimate of drug-likeness (QED) is 0.562. The van der Waals surface area contributed by atoms with Crippen molar-refractivity contribution in [1.29, 1.82) is 0 Å². The van der Waals surface area contributed by atoms with Crippen LogP contribution in [0.25, 0.3) is 22.3 Å². The van der Waals surface area contributed by atoms with Crippen LogP contribution in [-0.2, 0) is 0 Å². The number of hydrogen-bond donors (Lipinski definition) is 0. The van der Waals surface area contributed by atoms with E-state index in [-0.39, 0.29) is 0 Å². The van der Waals surface area contributed by atoms with Crippen LogP contribution < -0.4 is 0 Å². The molecule has 1 heterocycles. The molecule has 20 heavy (non-hydrogen) atoms. The summed E-state index contributed by atoms with van der Waals surface area (Å²) in [4.78, 5) is 0. The van der Waals surface area contributed by atoms with E-state index in [1.165, 1.54) is 0 Å². The normalized spacial score (nSPS) is 10.4. The topological polar surface area (TPSA) is 13.1 Å². The molecule has 0 spiro atoms. The van der Waals surface area contributed by atoms with Gasteiger partial charge in [0.2, 0.25) is 0 Å². The highest BCUT2D eigenvalue weighted by atomic mass is 32.1. The number of benzene rings is 2. The maximum absolute atomic E-state index is 5.64. The van der Waals surface area contributed by atoms with E-state index in [2.05, 4.69) is 24.3 Å². The zero-order valence-corrected chi connectivity index (χ0v) is 12.0. The van der Waals surface area contributed by atoms with E-state index < -0.39 is 0 Å². The molecule has 0 aliphatic rings. The van der Waals surface area contributed by atoms with Crippen molar-refractivity contribution in [3.05, 3.63) is 77.2 Å². The molecule has 0 N–H and O–H groups in total. The highest BCUT2D eigenvalue weighted by Crippen LogP contribution is 2.33. The maximum atomic E-state index is 5.64. The summed E-state index contributed by atoms with van der Waals surface area (Å²) in [5.41, 5.74) is 4.33. The molecule has 3 aromatic rings. The Kier molecular flexibility index (Phi) is 3.48. The predicted octanol–water partition coefficient (Wildman–Crippen LogP) is 5.65. The lowest BCUT2D eigenvalue weighted by Gasteiger charge is -2.10. The standard InChI is InChI=1S/C18H14OS/c1-13-12-16(14-8-4-2-5-9-14)17(18(20)19-13)15-10-6-3-7-11-15/h2-12H,1H3. The molecular formula is C18H14OS. The molecule has 0 aliphatic carbocycles. The third kappa shape index (κ3) is 2.43. The van der Waals surface area contributed by atoms with E-state index in [9.17, 15) is 0 Å². The second-order valence-corrected chi connectivity index (χ2v) is 5.04. The summed E-state index contributed by atoms with van der Waals surface area (Å²) in [7, 11) is 0. The predicted molar refractivity (Wildman–Crippen MR) is 85.2 cm³/mol. The first-order valence-electron chi connectivity index (χ1n) is 6.51. The minimum atomic E-state index is 0.537. The zero-order chi connectivity index (χ0) is 13.9. The summed E-state index contributed by atoms with van der Waals surface area (Å²) in [5.74, 6) is 0.827. The van der Waals surface area contributed by atoms with Gasteiger partial charge in [0, 0.05) is 5.56 Å². The molecule has 2 aromatic carbocycles. The largest absolute Gasteiger partial charge is 0.450 e. The minimum absolute atomic E-state index is 0.537. The van der Waals surface area contributed by atoms with Crippen molar-refractivity contribution in [3.63, 3.8) is 0 Å². The van der Waals surface area contributed by atoms with Crippen molar-refractivity contribution in [1.82, 2.24) is 0 Å². The lowest BCUT2D eigenvalue weighted by atomic mass is 9.96. The molecule has 0 aliphatic heterocycles. The Balaban J connectivity index is 2.32. The number of rotatable bonds is 2. The van der Waals surface area contributed by atoms with Gasteiger partial charge in [-0.15, -0.1) is 0 Å². The van der Waals surface area contributed by atoms with E-state index in [1.807, 2.05) is 49.4 Å². The lowest BCUT2D eigenvalue weighted by Crippen LogP contribution is -1.88. The van der Waals surface area contributed by atoms with E-state index in [4.69, 9.17) is 16.6 Å². The van der Waals surface area contributed by atoms with Crippen LogP contribution in [0.4, 0.5) is 0 Å². The molecule has 1 nitrogen and oxygen atoms in total. The van der Waals surface area contributed by atoms with Crippen LogP contribution in [0.2, 0.25) is 0 Å². The summed E-state index contributed by atoms with van der Waals surface area (Å²) >= 11 is 5.44. The molecule has 98 valence electrons. The second kappa shape index (κ2) is 5.43. The van der Waals surface area contributed by atoms with E-state index >= 15 is 0 Å². The molecule has 0 radical (unpaired) electrons. The summed E-state index contributed by atoms with van der Waals surface area (Å²) in [5, 5.41) is 0. The van der Waals surface area contributed by atoms with Crippen molar-refractivity contribution in [3.8, 4) is 22.3 Å². The van der Waals surface area contributed by atoms with Crippen LogP contribution >= 0.6 is 12.2 Å². The molecule has 0 bridgehead atoms. The van der Waals surface area contributed by atoms with Crippen LogP contribution in [0.5, 0.6) is 0 Å². The SMILES string of the molecule is Cc1cc(-c2ccccc2)c(-c2ccccc2)c(=S)o1. The van der Waals surface area contributed by atoms with Gasteiger partial charge in [0.05, 0.1) is 0 Å². The van der Waals surface area contributed by atoms with E-state index in [0.29, 0.717) is 4.71 Å². The monoisotopic (exact) mass is 278 g/mol. The molecule has 1 aromatic heterocycles. The Hall–Kier alpha value is -2.19. The maximum Gasteiger partial charge on any atom is 0.198 e. The van der Waals surface area contributed by atoms with Gasteiger partial charge in [0.25, 0.3) is 0 Å². The Morgan fingerprint density at radius 2 is 1.35 bits per heavy atom. The van der Waals surface area contributed by atoms with Crippen molar-refractivity contribution in [2.45, 2.75) is 6.92 Å². The molecule has 3 rings (SSSR count). The third-order valence-electron chi connectivity index (χ3n) is 3.22. The van der Waals surface area contributed by atoms with Gasteiger partial charge in [-0.05, 0) is 41.9 Å². The van der Waals surface area contributed by atoms with Gasteiger partial charge in [-0.1, -0.05) is 60.7 Å². The van der Waals surface area contributed by atoms with E-state index in [1.54, 1.807) is 0 Å². The molecule has 0 saturated carbocycles. The van der Waals surface area contributed by atoms with Gasteiger partial charge >= 0.3 is 0 Å². The molecule has 0 unspecified atom stereocenters. The summed E-state index contributed by atoms with van der Waals surface area (Å²) in [6.07, 6.45) is 0. The Morgan fingerprint density at radius 1 is 0.800 bits per heavy atom. The summed E-state index contributed by atoms with van der Waals surface area (Å²) in [6, 6.07) is 22.5. The minimum Gasteiger partial charge on any atom is -0.450 e. The van der Waals surface area contributed by atoms with Crippen LogP contribution in [0.3, 0.4) is 0 Å². The first kappa shape index (κ1) is 12.8. The molecule has 0 fully saturated rings. The highest BCUT2D eigenvalue weighted by Gasteiger charge is 2.11. The van der Waals surface area contributed by atoms with Gasteiger partial charge in [0.15, 0.2) is 4.71 Å². The third-order valence-corrected chi connectivity index (χ3v) is 3.51. The van der Waals surface area contributed by atoms with Crippen LogP contribution in [0.1, 0.15) is 5.76 Å². The van der Waals surface area contributed by atoms with Gasteiger partial charge in [-0.25, -0.2) is 0 Å². The van der Waals surface area contributed by atoms with Crippen molar-refractivity contribution < 1.29 is 4.42 Å². The first-order valence-corrected chi connectivity index (χ1v) is 6.92. The summed E-state index contributed by atoms with van der Waals surface area (Å²) in [6.45, 7) is 1.93. The van der Waals surface area contributed by atoms with Crippen LogP contribution in [0.15, 0.2) is 71.1 Å². The Labute approximate surface area is 123 Å². The van der Waals surface area contributed by atoms with Crippen LogP contribution in [0, 0.1) is 11.6 Å². The lowest BCUT2D eigenvalue weighted by molar-refractivity contribution is 0.504. The molecule has 2 heteroatoms. The van der Waals surface area contributed by atoms with Gasteiger partial charge in [0.1, 0.15) is 5.76 Å². The van der Waals surface area contributed by atoms with Crippen molar-refractivity contribution in [2.75, 3.05) is 0 Å². The smallest absolute Gasteiger partial charge is 0.198 e.